The van der Waals surface area contributed by atoms with Gasteiger partial charge >= 0.3 is 5.97 Å². The minimum Gasteiger partial charge on any atom is -0.478 e. The van der Waals surface area contributed by atoms with Gasteiger partial charge in [0.15, 0.2) is 0 Å². The maximum atomic E-state index is 13.0. The van der Waals surface area contributed by atoms with Crippen LogP contribution in [-0.2, 0) is 0 Å². The summed E-state index contributed by atoms with van der Waals surface area (Å²) in [6.45, 7) is 3.34. The number of anilines is 2. The molecule has 1 aliphatic heterocycles. The number of benzene rings is 1. The highest BCUT2D eigenvalue weighted by molar-refractivity contribution is 6.30. The van der Waals surface area contributed by atoms with Crippen LogP contribution in [0.5, 0.6) is 0 Å². The van der Waals surface area contributed by atoms with E-state index in [0.29, 0.717) is 28.0 Å². The van der Waals surface area contributed by atoms with E-state index in [9.17, 15) is 14.7 Å². The molecule has 2 N–H and O–H groups in total. The summed E-state index contributed by atoms with van der Waals surface area (Å²) in [5.74, 6) is -0.0556. The summed E-state index contributed by atoms with van der Waals surface area (Å²) < 4.78 is 1.40. The van der Waals surface area contributed by atoms with E-state index in [1.807, 2.05) is 25.1 Å². The van der Waals surface area contributed by atoms with Gasteiger partial charge in [0.1, 0.15) is 28.0 Å². The minimum absolute atomic E-state index is 0.0223. The zero-order valence-electron chi connectivity index (χ0n) is 18.7. The monoisotopic (exact) mass is 509 g/mol. The first-order valence-corrected chi connectivity index (χ1v) is 11.7. The number of nitrogens with one attached hydrogen (secondary N) is 1. The first-order chi connectivity index (χ1) is 16.8. The molecule has 4 heterocycles. The summed E-state index contributed by atoms with van der Waals surface area (Å²) in [6.07, 6.45) is 1.52. The number of pyridine rings is 2. The second-order valence-electron chi connectivity index (χ2n) is 8.47. The van der Waals surface area contributed by atoms with Gasteiger partial charge in [0.05, 0.1) is 11.1 Å². The third-order valence-electron chi connectivity index (χ3n) is 6.13. The molecule has 1 atom stereocenters. The van der Waals surface area contributed by atoms with Crippen molar-refractivity contribution < 1.29 is 9.90 Å². The van der Waals surface area contributed by atoms with E-state index >= 15 is 0 Å². The summed E-state index contributed by atoms with van der Waals surface area (Å²) in [7, 11) is 0. The number of rotatable bonds is 6. The molecule has 0 amide bonds. The standard InChI is InChI=1S/C25H21Cl2N5O3/c1-14(28-23-18(25(34)35)7-8-20(27)29-23)19-9-17(26)13-32-22(33)10-21(30-24(19)32)31-11-16(12-31)15-5-3-2-4-6-15/h2-10,13-14,16H,11-12H2,1H3,(H,28,29)(H,34,35)/t14-/m1/s1. The molecule has 4 aromatic rings. The molecule has 10 heteroatoms. The van der Waals surface area contributed by atoms with E-state index in [-0.39, 0.29) is 22.1 Å². The van der Waals surface area contributed by atoms with E-state index in [1.54, 1.807) is 6.07 Å². The molecule has 35 heavy (non-hydrogen) atoms. The zero-order chi connectivity index (χ0) is 24.7. The van der Waals surface area contributed by atoms with Crippen LogP contribution in [0.25, 0.3) is 5.65 Å². The van der Waals surface area contributed by atoms with Gasteiger partial charge in [0, 0.05) is 36.8 Å². The Kier molecular flexibility index (Phi) is 6.08. The van der Waals surface area contributed by atoms with Crippen molar-refractivity contribution in [1.29, 1.82) is 0 Å². The second kappa shape index (κ2) is 9.20. The van der Waals surface area contributed by atoms with Gasteiger partial charge in [-0.2, -0.15) is 0 Å². The Balaban J connectivity index is 1.49. The number of halogens is 2. The Labute approximate surface area is 210 Å². The Hall–Kier alpha value is -3.62. The predicted molar refractivity (Wildman–Crippen MR) is 136 cm³/mol. The van der Waals surface area contributed by atoms with Crippen molar-refractivity contribution >= 4 is 46.5 Å². The quantitative estimate of drug-likeness (QED) is 0.357. The third-order valence-corrected chi connectivity index (χ3v) is 6.55. The highest BCUT2D eigenvalue weighted by Crippen LogP contribution is 2.32. The molecule has 0 radical (unpaired) electrons. The van der Waals surface area contributed by atoms with Crippen molar-refractivity contribution in [2.24, 2.45) is 0 Å². The minimum atomic E-state index is -1.14. The highest BCUT2D eigenvalue weighted by atomic mass is 35.5. The van der Waals surface area contributed by atoms with Crippen LogP contribution in [0.3, 0.4) is 0 Å². The summed E-state index contributed by atoms with van der Waals surface area (Å²) in [6, 6.07) is 15.8. The normalized spacial score (nSPS) is 14.5. The summed E-state index contributed by atoms with van der Waals surface area (Å²) in [5, 5.41) is 13.1. The fraction of sp³-hybridized carbons (Fsp3) is 0.200. The molecule has 0 saturated carbocycles. The van der Waals surface area contributed by atoms with E-state index in [4.69, 9.17) is 28.2 Å². The molecular weight excluding hydrogens is 489 g/mol. The Bertz CT molecular complexity index is 1490. The Morgan fingerprint density at radius 3 is 2.57 bits per heavy atom. The van der Waals surface area contributed by atoms with Gasteiger partial charge in [-0.05, 0) is 30.7 Å². The lowest BCUT2D eigenvalue weighted by molar-refractivity contribution is 0.0697. The molecule has 3 aromatic heterocycles. The van der Waals surface area contributed by atoms with Crippen molar-refractivity contribution in [1.82, 2.24) is 14.4 Å². The van der Waals surface area contributed by atoms with Gasteiger partial charge in [0.25, 0.3) is 5.56 Å². The lowest BCUT2D eigenvalue weighted by atomic mass is 9.91. The highest BCUT2D eigenvalue weighted by Gasteiger charge is 2.30. The van der Waals surface area contributed by atoms with Crippen LogP contribution < -0.4 is 15.8 Å². The number of hydrogen-bond donors (Lipinski definition) is 2. The van der Waals surface area contributed by atoms with Gasteiger partial charge in [-0.25, -0.2) is 14.8 Å². The fourth-order valence-electron chi connectivity index (χ4n) is 4.26. The molecule has 5 rings (SSSR count). The van der Waals surface area contributed by atoms with Crippen LogP contribution in [0.15, 0.2) is 65.6 Å². The van der Waals surface area contributed by atoms with Gasteiger partial charge in [-0.3, -0.25) is 9.20 Å². The topological polar surface area (TPSA) is 99.8 Å². The summed E-state index contributed by atoms with van der Waals surface area (Å²) >= 11 is 12.3. The number of aromatic carboxylic acids is 1. The number of carboxylic acids is 1. The number of fused-ring (bicyclic) bond motifs is 1. The van der Waals surface area contributed by atoms with E-state index < -0.39 is 12.0 Å². The molecule has 0 spiro atoms. The first kappa shape index (κ1) is 23.1. The Morgan fingerprint density at radius 1 is 1.11 bits per heavy atom. The van der Waals surface area contributed by atoms with Crippen LogP contribution in [-0.4, -0.2) is 38.5 Å². The summed E-state index contributed by atoms with van der Waals surface area (Å²) in [5.41, 5.74) is 2.03. The van der Waals surface area contributed by atoms with Crippen LogP contribution >= 0.6 is 23.2 Å². The van der Waals surface area contributed by atoms with Crippen molar-refractivity contribution in [3.05, 3.63) is 98.0 Å². The SMILES string of the molecule is C[C@@H](Nc1nc(Cl)ccc1C(=O)O)c1cc(Cl)cn2c(=O)cc(N3CC(c4ccccc4)C3)nc12. The molecule has 1 aromatic carbocycles. The molecule has 8 nitrogen and oxygen atoms in total. The number of nitrogens with zero attached hydrogens (tertiary/aromatic N) is 4. The summed E-state index contributed by atoms with van der Waals surface area (Å²) in [4.78, 5) is 35.6. The first-order valence-electron chi connectivity index (χ1n) is 11.0. The van der Waals surface area contributed by atoms with Gasteiger partial charge in [-0.15, -0.1) is 0 Å². The number of carboxylic acid groups (broad SMARTS) is 1. The molecule has 0 aliphatic carbocycles. The van der Waals surface area contributed by atoms with Crippen molar-refractivity contribution in [2.45, 2.75) is 18.9 Å². The predicted octanol–water partition coefficient (Wildman–Crippen LogP) is 4.87. The fourth-order valence-corrected chi connectivity index (χ4v) is 4.63. The average Bonchev–Trinajstić information content (AvgIpc) is 2.79. The van der Waals surface area contributed by atoms with Crippen molar-refractivity contribution in [2.75, 3.05) is 23.3 Å². The molecule has 1 aliphatic rings. The van der Waals surface area contributed by atoms with Crippen LogP contribution in [0, 0.1) is 0 Å². The van der Waals surface area contributed by atoms with E-state index in [1.165, 1.54) is 34.4 Å². The lowest BCUT2D eigenvalue weighted by Gasteiger charge is -2.40. The molecule has 1 saturated heterocycles. The largest absolute Gasteiger partial charge is 0.478 e. The molecule has 1 fully saturated rings. The van der Waals surface area contributed by atoms with Gasteiger partial charge in [-0.1, -0.05) is 53.5 Å². The number of hydrogen-bond acceptors (Lipinski definition) is 6. The van der Waals surface area contributed by atoms with Crippen LogP contribution in [0.2, 0.25) is 10.2 Å². The van der Waals surface area contributed by atoms with Gasteiger partial charge in [0.2, 0.25) is 0 Å². The number of carbonyl (C=O) groups is 1. The maximum absolute atomic E-state index is 13.0. The lowest BCUT2D eigenvalue weighted by Crippen LogP contribution is -2.46. The van der Waals surface area contributed by atoms with Crippen LogP contribution in [0.1, 0.15) is 40.4 Å². The molecule has 0 unspecified atom stereocenters. The molecular formula is C25H21Cl2N5O3. The van der Waals surface area contributed by atoms with Crippen LogP contribution in [0.4, 0.5) is 11.6 Å². The van der Waals surface area contributed by atoms with Gasteiger partial charge < -0.3 is 15.3 Å². The maximum Gasteiger partial charge on any atom is 0.339 e. The van der Waals surface area contributed by atoms with E-state index in [2.05, 4.69) is 27.3 Å². The van der Waals surface area contributed by atoms with E-state index in [0.717, 1.165) is 13.1 Å². The second-order valence-corrected chi connectivity index (χ2v) is 9.30. The molecule has 178 valence electrons. The smallest absolute Gasteiger partial charge is 0.339 e. The number of aromatic nitrogens is 3. The molecule has 0 bridgehead atoms. The average molecular weight is 510 g/mol. The zero-order valence-corrected chi connectivity index (χ0v) is 20.2. The van der Waals surface area contributed by atoms with Crippen molar-refractivity contribution in [3.8, 4) is 0 Å². The third kappa shape index (κ3) is 4.54. The van der Waals surface area contributed by atoms with Crippen molar-refractivity contribution in [3.63, 3.8) is 0 Å². The Morgan fingerprint density at radius 2 is 1.86 bits per heavy atom.